The maximum Gasteiger partial charge on any atom is 0.179 e. The number of nitrogens with zero attached hydrogens (tertiary/aromatic N) is 2. The summed E-state index contributed by atoms with van der Waals surface area (Å²) in [4.78, 5) is 7.83. The van der Waals surface area contributed by atoms with E-state index in [2.05, 4.69) is 44.3 Å². The van der Waals surface area contributed by atoms with Crippen molar-refractivity contribution in [2.24, 2.45) is 11.8 Å². The lowest BCUT2D eigenvalue weighted by molar-refractivity contribution is 0.223. The van der Waals surface area contributed by atoms with Crippen molar-refractivity contribution < 1.29 is 0 Å². The van der Waals surface area contributed by atoms with Crippen LogP contribution < -0.4 is 0 Å². The standard InChI is InChI=1S/C14H18BrN3S/c1-8-3-9(2)5-11(4-8)18-13-12(17-14(18)19)6-10(15)7-16-13/h6-9,11H,3-5H2,1-2H3,(H,17,19). The smallest absolute Gasteiger partial charge is 0.179 e. The third-order valence-corrected chi connectivity index (χ3v) is 4.77. The third kappa shape index (κ3) is 2.50. The number of aromatic nitrogens is 3. The number of rotatable bonds is 1. The number of nitrogens with one attached hydrogen (secondary N) is 1. The second-order valence-corrected chi connectivity index (χ2v) is 7.20. The number of pyridine rings is 1. The van der Waals surface area contributed by atoms with Crippen molar-refractivity contribution in [2.45, 2.75) is 39.2 Å². The van der Waals surface area contributed by atoms with Crippen molar-refractivity contribution in [1.29, 1.82) is 0 Å². The van der Waals surface area contributed by atoms with Crippen LogP contribution in [0.2, 0.25) is 0 Å². The fourth-order valence-electron chi connectivity index (χ4n) is 3.44. The lowest BCUT2D eigenvalue weighted by Crippen LogP contribution is -2.22. The molecule has 5 heteroatoms. The quantitative estimate of drug-likeness (QED) is 0.753. The zero-order valence-electron chi connectivity index (χ0n) is 11.2. The molecule has 1 N–H and O–H groups in total. The molecule has 0 aliphatic heterocycles. The summed E-state index contributed by atoms with van der Waals surface area (Å²) in [5, 5.41) is 0. The van der Waals surface area contributed by atoms with Gasteiger partial charge >= 0.3 is 0 Å². The van der Waals surface area contributed by atoms with Crippen LogP contribution in [0.25, 0.3) is 11.2 Å². The van der Waals surface area contributed by atoms with Crippen LogP contribution in [0, 0.1) is 16.6 Å². The highest BCUT2D eigenvalue weighted by Crippen LogP contribution is 2.37. The summed E-state index contributed by atoms with van der Waals surface area (Å²) in [6, 6.07) is 2.53. The Kier molecular flexibility index (Phi) is 3.52. The number of imidazole rings is 1. The molecule has 19 heavy (non-hydrogen) atoms. The Balaban J connectivity index is 2.09. The Morgan fingerprint density at radius 1 is 1.32 bits per heavy atom. The highest BCUT2D eigenvalue weighted by Gasteiger charge is 2.27. The van der Waals surface area contributed by atoms with Crippen molar-refractivity contribution >= 4 is 39.3 Å². The topological polar surface area (TPSA) is 33.6 Å². The molecule has 0 aromatic carbocycles. The summed E-state index contributed by atoms with van der Waals surface area (Å²) < 4.78 is 4.00. The molecule has 102 valence electrons. The highest BCUT2D eigenvalue weighted by molar-refractivity contribution is 9.10. The Morgan fingerprint density at radius 3 is 2.68 bits per heavy atom. The minimum atomic E-state index is 0.480. The van der Waals surface area contributed by atoms with Gasteiger partial charge in [-0.1, -0.05) is 13.8 Å². The average molecular weight is 340 g/mol. The fourth-order valence-corrected chi connectivity index (χ4v) is 4.12. The Morgan fingerprint density at radius 2 is 2.00 bits per heavy atom. The maximum absolute atomic E-state index is 5.51. The molecule has 0 saturated heterocycles. The summed E-state index contributed by atoms with van der Waals surface area (Å²) in [7, 11) is 0. The maximum atomic E-state index is 5.51. The monoisotopic (exact) mass is 339 g/mol. The van der Waals surface area contributed by atoms with Gasteiger partial charge in [0, 0.05) is 16.7 Å². The zero-order chi connectivity index (χ0) is 13.6. The minimum Gasteiger partial charge on any atom is -0.329 e. The molecule has 3 nitrogen and oxygen atoms in total. The van der Waals surface area contributed by atoms with Crippen LogP contribution in [-0.2, 0) is 0 Å². The second kappa shape index (κ2) is 5.02. The van der Waals surface area contributed by atoms with Gasteiger partial charge in [0.25, 0.3) is 0 Å². The zero-order valence-corrected chi connectivity index (χ0v) is 13.6. The average Bonchev–Trinajstić information content (AvgIpc) is 2.62. The van der Waals surface area contributed by atoms with Crippen LogP contribution in [0.5, 0.6) is 0 Å². The number of hydrogen-bond donors (Lipinski definition) is 1. The van der Waals surface area contributed by atoms with E-state index in [1.54, 1.807) is 0 Å². The van der Waals surface area contributed by atoms with E-state index in [0.717, 1.165) is 32.2 Å². The van der Waals surface area contributed by atoms with Crippen LogP contribution >= 0.6 is 28.1 Å². The van der Waals surface area contributed by atoms with Crippen LogP contribution in [0.1, 0.15) is 39.2 Å². The molecular formula is C14H18BrN3S. The molecule has 1 fully saturated rings. The number of fused-ring (bicyclic) bond motifs is 1. The first-order chi connectivity index (χ1) is 9.04. The Hall–Kier alpha value is -0.680. The van der Waals surface area contributed by atoms with E-state index in [9.17, 15) is 0 Å². The van der Waals surface area contributed by atoms with E-state index in [0.29, 0.717) is 6.04 Å². The molecule has 0 bridgehead atoms. The van der Waals surface area contributed by atoms with Crippen LogP contribution in [0.15, 0.2) is 16.7 Å². The van der Waals surface area contributed by atoms with E-state index < -0.39 is 0 Å². The first kappa shape index (κ1) is 13.3. The van der Waals surface area contributed by atoms with Gasteiger partial charge in [0.15, 0.2) is 10.4 Å². The van der Waals surface area contributed by atoms with Gasteiger partial charge in [-0.15, -0.1) is 0 Å². The molecule has 1 aliphatic carbocycles. The number of H-pyrrole nitrogens is 1. The molecule has 0 amide bonds. The molecule has 1 aliphatic rings. The fraction of sp³-hybridized carbons (Fsp3) is 0.571. The summed E-state index contributed by atoms with van der Waals surface area (Å²) in [5.74, 6) is 1.52. The number of hydrogen-bond acceptors (Lipinski definition) is 2. The molecular weight excluding hydrogens is 322 g/mol. The van der Waals surface area contributed by atoms with Gasteiger partial charge < -0.3 is 4.98 Å². The SMILES string of the molecule is CC1CC(C)CC(n2c(=S)[nH]c3cc(Br)cnc32)C1. The van der Waals surface area contributed by atoms with Crippen molar-refractivity contribution in [2.75, 3.05) is 0 Å². The molecule has 1 saturated carbocycles. The summed E-state index contributed by atoms with van der Waals surface area (Å²) in [5.41, 5.74) is 2.00. The van der Waals surface area contributed by atoms with Crippen LogP contribution in [0.4, 0.5) is 0 Å². The molecule has 2 aromatic heterocycles. The van der Waals surface area contributed by atoms with Gasteiger partial charge in [-0.2, -0.15) is 0 Å². The predicted molar refractivity (Wildman–Crippen MR) is 83.8 cm³/mol. The second-order valence-electron chi connectivity index (χ2n) is 5.90. The van der Waals surface area contributed by atoms with Gasteiger partial charge in [-0.25, -0.2) is 4.98 Å². The van der Waals surface area contributed by atoms with Gasteiger partial charge in [-0.05, 0) is 65.3 Å². The first-order valence-electron chi connectivity index (χ1n) is 6.80. The Labute approximate surface area is 126 Å². The van der Waals surface area contributed by atoms with Crippen molar-refractivity contribution in [3.8, 4) is 0 Å². The van der Waals surface area contributed by atoms with Crippen molar-refractivity contribution in [1.82, 2.24) is 14.5 Å². The third-order valence-electron chi connectivity index (χ3n) is 4.04. The largest absolute Gasteiger partial charge is 0.329 e. The molecule has 2 unspecified atom stereocenters. The van der Waals surface area contributed by atoms with E-state index in [-0.39, 0.29) is 0 Å². The molecule has 2 heterocycles. The van der Waals surface area contributed by atoms with Gasteiger partial charge in [-0.3, -0.25) is 4.57 Å². The molecule has 2 atom stereocenters. The van der Waals surface area contributed by atoms with Crippen molar-refractivity contribution in [3.05, 3.63) is 21.5 Å². The summed E-state index contributed by atoms with van der Waals surface area (Å²) >= 11 is 8.96. The van der Waals surface area contributed by atoms with Crippen LogP contribution in [0.3, 0.4) is 0 Å². The van der Waals surface area contributed by atoms with Gasteiger partial charge in [0.2, 0.25) is 0 Å². The van der Waals surface area contributed by atoms with Crippen molar-refractivity contribution in [3.63, 3.8) is 0 Å². The molecule has 2 aromatic rings. The van der Waals surface area contributed by atoms with E-state index >= 15 is 0 Å². The van der Waals surface area contributed by atoms with E-state index in [1.807, 2.05) is 12.3 Å². The van der Waals surface area contributed by atoms with Gasteiger partial charge in [0.1, 0.15) is 0 Å². The summed E-state index contributed by atoms with van der Waals surface area (Å²) in [6.45, 7) is 4.68. The number of halogens is 1. The van der Waals surface area contributed by atoms with Crippen LogP contribution in [-0.4, -0.2) is 14.5 Å². The Bertz CT molecular complexity index is 650. The molecule has 3 rings (SSSR count). The normalized spacial score (nSPS) is 27.8. The number of aromatic amines is 1. The minimum absolute atomic E-state index is 0.480. The molecule has 0 spiro atoms. The summed E-state index contributed by atoms with van der Waals surface area (Å²) in [6.07, 6.45) is 5.56. The van der Waals surface area contributed by atoms with E-state index in [1.165, 1.54) is 19.3 Å². The molecule has 0 radical (unpaired) electrons. The first-order valence-corrected chi connectivity index (χ1v) is 8.00. The van der Waals surface area contributed by atoms with E-state index in [4.69, 9.17) is 12.2 Å². The van der Waals surface area contributed by atoms with Gasteiger partial charge in [0.05, 0.1) is 5.52 Å². The highest BCUT2D eigenvalue weighted by atomic mass is 79.9. The lowest BCUT2D eigenvalue weighted by Gasteiger charge is -2.32. The predicted octanol–water partition coefficient (Wildman–Crippen LogP) is 4.85. The lowest BCUT2D eigenvalue weighted by atomic mass is 9.80.